The molecule has 0 saturated heterocycles. The number of nitrogens with two attached hydrogens (primary N) is 2. The monoisotopic (exact) mass is 473 g/mol. The average molecular weight is 474 g/mol. The molecule has 1 aliphatic carbocycles. The summed E-state index contributed by atoms with van der Waals surface area (Å²) in [6.45, 7) is 0.899. The van der Waals surface area contributed by atoms with Crippen LogP contribution < -0.4 is 16.2 Å². The molecule has 2 aromatic rings. The molecule has 3 rings (SSSR count). The number of benzene rings is 2. The van der Waals surface area contributed by atoms with E-state index >= 15 is 0 Å². The number of esters is 2. The number of carbonyl (C=O) groups excluding carboxylic acids is 2. The van der Waals surface area contributed by atoms with E-state index in [2.05, 4.69) is 4.99 Å². The van der Waals surface area contributed by atoms with E-state index < -0.39 is 0 Å². The Hall–Kier alpha value is -3.06. The van der Waals surface area contributed by atoms with Crippen molar-refractivity contribution in [1.82, 2.24) is 0 Å². The fourth-order valence-electron chi connectivity index (χ4n) is 3.80. The minimum atomic E-state index is -0.236. The number of hydrogen-bond donors (Lipinski definition) is 2. The number of hydrogen-bond acceptors (Lipinski definition) is 5. The van der Waals surface area contributed by atoms with Gasteiger partial charge in [-0.2, -0.15) is 0 Å². The van der Waals surface area contributed by atoms with Crippen LogP contribution in [0.3, 0.4) is 0 Å². The second kappa shape index (κ2) is 13.5. The summed E-state index contributed by atoms with van der Waals surface area (Å²) in [6, 6.07) is 16.9. The molecule has 0 heterocycles. The van der Waals surface area contributed by atoms with Crippen LogP contribution in [-0.4, -0.2) is 24.4 Å². The largest absolute Gasteiger partial charge is 0.461 e. The van der Waals surface area contributed by atoms with Crippen LogP contribution in [0.25, 0.3) is 0 Å². The van der Waals surface area contributed by atoms with E-state index in [1.807, 2.05) is 42.5 Å². The standard InChI is InChI=1S/C25H31N3O4.ClH/c26-25(27)28-16-19-6-11-21(12-7-19)24(30)32-22-13-8-18(9-14-22)10-15-23(29)31-17-20-4-2-1-3-5-20;/h1-5,8-9,13-14,19,21H,6-7,10-12,15-17H2,(H4,26,27,28);1H. The molecule has 0 amide bonds. The van der Waals surface area contributed by atoms with Gasteiger partial charge >= 0.3 is 11.9 Å². The molecule has 8 heteroatoms. The smallest absolute Gasteiger partial charge is 0.314 e. The third kappa shape index (κ3) is 9.14. The summed E-state index contributed by atoms with van der Waals surface area (Å²) in [5.41, 5.74) is 12.7. The molecule has 0 aliphatic heterocycles. The van der Waals surface area contributed by atoms with Gasteiger partial charge in [-0.05, 0) is 61.3 Å². The van der Waals surface area contributed by atoms with Crippen molar-refractivity contribution in [2.75, 3.05) is 6.54 Å². The second-order valence-corrected chi connectivity index (χ2v) is 8.19. The highest BCUT2D eigenvalue weighted by molar-refractivity contribution is 5.85. The second-order valence-electron chi connectivity index (χ2n) is 8.19. The zero-order valence-corrected chi connectivity index (χ0v) is 19.5. The van der Waals surface area contributed by atoms with Gasteiger partial charge in [-0.25, -0.2) is 0 Å². The molecule has 1 saturated carbocycles. The lowest BCUT2D eigenvalue weighted by Crippen LogP contribution is -2.28. The number of nitrogens with zero attached hydrogens (tertiary/aromatic N) is 1. The first-order valence-corrected chi connectivity index (χ1v) is 11.0. The lowest BCUT2D eigenvalue weighted by atomic mass is 9.82. The number of halogens is 1. The van der Waals surface area contributed by atoms with Gasteiger partial charge in [-0.15, -0.1) is 12.4 Å². The summed E-state index contributed by atoms with van der Waals surface area (Å²) in [6.07, 6.45) is 4.27. The molecular formula is C25H32ClN3O4. The Kier molecular flexibility index (Phi) is 10.7. The molecule has 0 aromatic heterocycles. The summed E-state index contributed by atoms with van der Waals surface area (Å²) >= 11 is 0. The summed E-state index contributed by atoms with van der Waals surface area (Å²) < 4.78 is 10.9. The Morgan fingerprint density at radius 1 is 0.909 bits per heavy atom. The molecule has 7 nitrogen and oxygen atoms in total. The zero-order chi connectivity index (χ0) is 22.8. The van der Waals surface area contributed by atoms with Gasteiger partial charge < -0.3 is 20.9 Å². The maximum absolute atomic E-state index is 12.5. The molecule has 33 heavy (non-hydrogen) atoms. The Morgan fingerprint density at radius 3 is 2.21 bits per heavy atom. The van der Waals surface area contributed by atoms with Crippen LogP contribution in [0, 0.1) is 11.8 Å². The first kappa shape index (κ1) is 26.2. The molecule has 0 spiro atoms. The molecule has 2 aromatic carbocycles. The van der Waals surface area contributed by atoms with Crippen LogP contribution in [0.15, 0.2) is 59.6 Å². The Balaban J connectivity index is 0.00000385. The number of guanidine groups is 1. The molecule has 0 atom stereocenters. The van der Waals surface area contributed by atoms with Crippen molar-refractivity contribution in [2.24, 2.45) is 28.3 Å². The van der Waals surface area contributed by atoms with Crippen molar-refractivity contribution in [2.45, 2.75) is 45.1 Å². The first-order chi connectivity index (χ1) is 15.5. The summed E-state index contributed by atoms with van der Waals surface area (Å²) in [5.74, 6) is 0.527. The van der Waals surface area contributed by atoms with Gasteiger partial charge in [0.1, 0.15) is 12.4 Å². The maximum Gasteiger partial charge on any atom is 0.314 e. The predicted molar refractivity (Wildman–Crippen MR) is 130 cm³/mol. The molecule has 1 aliphatic rings. The van der Waals surface area contributed by atoms with Crippen LogP contribution in [0.1, 0.15) is 43.2 Å². The van der Waals surface area contributed by atoms with E-state index in [0.29, 0.717) is 31.1 Å². The lowest BCUT2D eigenvalue weighted by molar-refractivity contribution is -0.145. The van der Waals surface area contributed by atoms with E-state index in [1.165, 1.54) is 0 Å². The van der Waals surface area contributed by atoms with Gasteiger partial charge in [-0.3, -0.25) is 14.6 Å². The normalized spacial score (nSPS) is 17.3. The highest BCUT2D eigenvalue weighted by atomic mass is 35.5. The van der Waals surface area contributed by atoms with Crippen molar-refractivity contribution in [3.05, 3.63) is 65.7 Å². The highest BCUT2D eigenvalue weighted by Crippen LogP contribution is 2.30. The van der Waals surface area contributed by atoms with Crippen molar-refractivity contribution < 1.29 is 19.1 Å². The van der Waals surface area contributed by atoms with Crippen LogP contribution in [0.2, 0.25) is 0 Å². The molecule has 4 N–H and O–H groups in total. The Bertz CT molecular complexity index is 907. The van der Waals surface area contributed by atoms with Gasteiger partial charge in [0.15, 0.2) is 5.96 Å². The molecule has 178 valence electrons. The maximum atomic E-state index is 12.5. The van der Waals surface area contributed by atoms with E-state index in [1.54, 1.807) is 12.1 Å². The van der Waals surface area contributed by atoms with E-state index in [4.69, 9.17) is 20.9 Å². The van der Waals surface area contributed by atoms with Crippen LogP contribution in [0.4, 0.5) is 0 Å². The first-order valence-electron chi connectivity index (χ1n) is 11.0. The third-order valence-corrected chi connectivity index (χ3v) is 5.71. The lowest BCUT2D eigenvalue weighted by Gasteiger charge is -2.26. The van der Waals surface area contributed by atoms with E-state index in [9.17, 15) is 9.59 Å². The van der Waals surface area contributed by atoms with Gasteiger partial charge in [0.25, 0.3) is 0 Å². The number of aliphatic imine (C=N–C) groups is 1. The van der Waals surface area contributed by atoms with Crippen LogP contribution in [0.5, 0.6) is 5.75 Å². The molecule has 0 unspecified atom stereocenters. The average Bonchev–Trinajstić information content (AvgIpc) is 2.82. The summed E-state index contributed by atoms with van der Waals surface area (Å²) in [7, 11) is 0. The topological polar surface area (TPSA) is 117 Å². The molecule has 1 fully saturated rings. The van der Waals surface area contributed by atoms with Gasteiger partial charge in [0.2, 0.25) is 0 Å². The fraction of sp³-hybridized carbons (Fsp3) is 0.400. The summed E-state index contributed by atoms with van der Waals surface area (Å²) in [5, 5.41) is 0. The predicted octanol–water partition coefficient (Wildman–Crippen LogP) is 3.77. The van der Waals surface area contributed by atoms with Gasteiger partial charge in [0, 0.05) is 13.0 Å². The minimum Gasteiger partial charge on any atom is -0.461 e. The highest BCUT2D eigenvalue weighted by Gasteiger charge is 2.27. The van der Waals surface area contributed by atoms with Crippen LogP contribution in [-0.2, 0) is 27.4 Å². The zero-order valence-electron chi connectivity index (χ0n) is 18.7. The van der Waals surface area contributed by atoms with Crippen molar-refractivity contribution >= 4 is 30.3 Å². The molecular weight excluding hydrogens is 442 g/mol. The van der Waals surface area contributed by atoms with Crippen molar-refractivity contribution in [1.29, 1.82) is 0 Å². The number of rotatable bonds is 9. The van der Waals surface area contributed by atoms with E-state index in [0.717, 1.165) is 36.8 Å². The molecule has 0 radical (unpaired) electrons. The van der Waals surface area contributed by atoms with Crippen molar-refractivity contribution in [3.8, 4) is 5.75 Å². The van der Waals surface area contributed by atoms with Crippen LogP contribution >= 0.6 is 12.4 Å². The fourth-order valence-corrected chi connectivity index (χ4v) is 3.80. The quantitative estimate of drug-likeness (QED) is 0.248. The number of ether oxygens (including phenoxy) is 2. The Morgan fingerprint density at radius 2 is 1.58 bits per heavy atom. The number of carbonyl (C=O) groups is 2. The summed E-state index contributed by atoms with van der Waals surface area (Å²) in [4.78, 5) is 28.5. The van der Waals surface area contributed by atoms with Gasteiger partial charge in [-0.1, -0.05) is 42.5 Å². The number of aryl methyl sites for hydroxylation is 1. The Labute approximate surface area is 201 Å². The van der Waals surface area contributed by atoms with Gasteiger partial charge in [0.05, 0.1) is 5.92 Å². The minimum absolute atomic E-state index is 0. The molecule has 0 bridgehead atoms. The van der Waals surface area contributed by atoms with E-state index in [-0.39, 0.29) is 42.8 Å². The van der Waals surface area contributed by atoms with Crippen molar-refractivity contribution in [3.63, 3.8) is 0 Å². The SMILES string of the molecule is Cl.NC(N)=NCC1CCC(C(=O)Oc2ccc(CCC(=O)OCc3ccccc3)cc2)CC1. The third-order valence-electron chi connectivity index (χ3n) is 5.71.